The van der Waals surface area contributed by atoms with E-state index >= 15 is 0 Å². The Balaban J connectivity index is 2.46. The van der Waals surface area contributed by atoms with Crippen LogP contribution in [0.5, 0.6) is 0 Å². The second-order valence-corrected chi connectivity index (χ2v) is 2.49. The summed E-state index contributed by atoms with van der Waals surface area (Å²) in [6, 6.07) is 0. The summed E-state index contributed by atoms with van der Waals surface area (Å²) in [5.41, 5.74) is 5.46. The summed E-state index contributed by atoms with van der Waals surface area (Å²) in [6.45, 7) is 5.17. The molecule has 0 saturated heterocycles. The summed E-state index contributed by atoms with van der Waals surface area (Å²) >= 11 is 0. The molecule has 1 aromatic heterocycles. The Bertz CT molecular complexity index is 236. The van der Waals surface area contributed by atoms with Gasteiger partial charge in [0.2, 0.25) is 5.95 Å². The predicted octanol–water partition coefficient (Wildman–Crippen LogP) is -0.320. The van der Waals surface area contributed by atoms with Gasteiger partial charge < -0.3 is 10.5 Å². The Labute approximate surface area is 70.7 Å². The second kappa shape index (κ2) is 4.01. The number of nitrogens with two attached hydrogens (primary N) is 1. The fourth-order valence-electron chi connectivity index (χ4n) is 0.922. The molecule has 0 aliphatic carbocycles. The number of nitrogens with zero attached hydrogens (tertiary/aromatic N) is 4. The van der Waals surface area contributed by atoms with Crippen molar-refractivity contribution in [3.8, 4) is 0 Å². The Morgan fingerprint density at radius 2 is 2.42 bits per heavy atom. The van der Waals surface area contributed by atoms with E-state index in [0.717, 1.165) is 0 Å². The van der Waals surface area contributed by atoms with Gasteiger partial charge in [0.15, 0.2) is 0 Å². The monoisotopic (exact) mass is 171 g/mol. The highest BCUT2D eigenvalue weighted by Crippen LogP contribution is 1.98. The highest BCUT2D eigenvalue weighted by molar-refractivity contribution is 5.09. The number of aromatic nitrogens is 4. The summed E-state index contributed by atoms with van der Waals surface area (Å²) in [5, 5.41) is 10.7. The maximum Gasteiger partial charge on any atom is 0.240 e. The maximum atomic E-state index is 5.46. The molecule has 0 aromatic carbocycles. The molecule has 1 atom stereocenters. The first-order chi connectivity index (χ1) is 5.74. The Hall–Kier alpha value is -1.17. The van der Waals surface area contributed by atoms with Gasteiger partial charge in [0.25, 0.3) is 0 Å². The van der Waals surface area contributed by atoms with E-state index in [9.17, 15) is 0 Å². The molecule has 68 valence electrons. The van der Waals surface area contributed by atoms with Crippen LogP contribution in [-0.2, 0) is 11.3 Å². The SMILES string of the molecule is CCOC(C)Cn1nnnc1N. The lowest BCUT2D eigenvalue weighted by Gasteiger charge is -2.10. The third-order valence-electron chi connectivity index (χ3n) is 1.44. The summed E-state index contributed by atoms with van der Waals surface area (Å²) in [6.07, 6.45) is 0.0841. The first-order valence-corrected chi connectivity index (χ1v) is 3.87. The summed E-state index contributed by atoms with van der Waals surface area (Å²) in [7, 11) is 0. The van der Waals surface area contributed by atoms with Gasteiger partial charge in [-0.2, -0.15) is 0 Å². The quantitative estimate of drug-likeness (QED) is 0.671. The number of ether oxygens (including phenoxy) is 1. The normalized spacial score (nSPS) is 13.2. The molecule has 1 rings (SSSR count). The molecule has 0 aliphatic rings. The summed E-state index contributed by atoms with van der Waals surface area (Å²) in [4.78, 5) is 0. The molecule has 1 aromatic rings. The lowest BCUT2D eigenvalue weighted by molar-refractivity contribution is 0.0615. The summed E-state index contributed by atoms with van der Waals surface area (Å²) in [5.74, 6) is 0.321. The smallest absolute Gasteiger partial charge is 0.240 e. The molecule has 1 heterocycles. The molecule has 12 heavy (non-hydrogen) atoms. The molecule has 6 heteroatoms. The van der Waals surface area contributed by atoms with Crippen molar-refractivity contribution in [2.75, 3.05) is 12.3 Å². The third kappa shape index (κ3) is 2.16. The van der Waals surface area contributed by atoms with Crippen molar-refractivity contribution < 1.29 is 4.74 Å². The predicted molar refractivity (Wildman–Crippen MR) is 43.3 cm³/mol. The van der Waals surface area contributed by atoms with Gasteiger partial charge in [0, 0.05) is 6.61 Å². The van der Waals surface area contributed by atoms with E-state index in [-0.39, 0.29) is 6.10 Å². The van der Waals surface area contributed by atoms with Gasteiger partial charge in [-0.1, -0.05) is 5.10 Å². The van der Waals surface area contributed by atoms with Gasteiger partial charge in [-0.25, -0.2) is 4.68 Å². The molecule has 6 nitrogen and oxygen atoms in total. The fraction of sp³-hybridized carbons (Fsp3) is 0.833. The van der Waals surface area contributed by atoms with Crippen molar-refractivity contribution in [3.63, 3.8) is 0 Å². The third-order valence-corrected chi connectivity index (χ3v) is 1.44. The Kier molecular flexibility index (Phi) is 2.98. The van der Waals surface area contributed by atoms with Crippen LogP contribution in [0.2, 0.25) is 0 Å². The highest BCUT2D eigenvalue weighted by Gasteiger charge is 2.06. The van der Waals surface area contributed by atoms with Crippen LogP contribution in [0, 0.1) is 0 Å². The van der Waals surface area contributed by atoms with Crippen LogP contribution < -0.4 is 5.73 Å². The molecule has 0 radical (unpaired) electrons. The molecular formula is C6H13N5O. The van der Waals surface area contributed by atoms with Crippen LogP contribution >= 0.6 is 0 Å². The second-order valence-electron chi connectivity index (χ2n) is 2.49. The van der Waals surface area contributed by atoms with Crippen molar-refractivity contribution in [2.45, 2.75) is 26.5 Å². The van der Waals surface area contributed by atoms with Crippen molar-refractivity contribution in [2.24, 2.45) is 0 Å². The fourth-order valence-corrected chi connectivity index (χ4v) is 0.922. The molecule has 0 bridgehead atoms. The topological polar surface area (TPSA) is 78.8 Å². The first-order valence-electron chi connectivity index (χ1n) is 3.87. The number of hydrogen-bond acceptors (Lipinski definition) is 5. The standard InChI is InChI=1S/C6H13N5O/c1-3-12-5(2)4-11-6(7)8-9-10-11/h5H,3-4H2,1-2H3,(H2,7,8,10). The van der Waals surface area contributed by atoms with Gasteiger partial charge in [0.05, 0.1) is 12.6 Å². The Morgan fingerprint density at radius 3 is 2.92 bits per heavy atom. The number of rotatable bonds is 4. The average molecular weight is 171 g/mol. The van der Waals surface area contributed by atoms with Crippen LogP contribution in [0.3, 0.4) is 0 Å². The molecule has 0 spiro atoms. The molecule has 2 N–H and O–H groups in total. The maximum absolute atomic E-state index is 5.46. The molecule has 0 fully saturated rings. The number of anilines is 1. The van der Waals surface area contributed by atoms with Crippen LogP contribution in [-0.4, -0.2) is 32.9 Å². The largest absolute Gasteiger partial charge is 0.377 e. The van der Waals surface area contributed by atoms with E-state index < -0.39 is 0 Å². The van der Waals surface area contributed by atoms with Crippen molar-refractivity contribution in [1.29, 1.82) is 0 Å². The number of nitrogen functional groups attached to an aromatic ring is 1. The zero-order valence-corrected chi connectivity index (χ0v) is 7.27. The zero-order chi connectivity index (χ0) is 8.97. The van der Waals surface area contributed by atoms with Crippen LogP contribution in [0.4, 0.5) is 5.95 Å². The van der Waals surface area contributed by atoms with Gasteiger partial charge in [-0.15, -0.1) is 0 Å². The minimum Gasteiger partial charge on any atom is -0.377 e. The van der Waals surface area contributed by atoms with Crippen molar-refractivity contribution >= 4 is 5.95 Å². The van der Waals surface area contributed by atoms with Crippen LogP contribution in [0.15, 0.2) is 0 Å². The zero-order valence-electron chi connectivity index (χ0n) is 7.27. The van der Waals surface area contributed by atoms with Crippen LogP contribution in [0.25, 0.3) is 0 Å². The van der Waals surface area contributed by atoms with Gasteiger partial charge in [-0.3, -0.25) is 0 Å². The van der Waals surface area contributed by atoms with Gasteiger partial charge in [-0.05, 0) is 24.3 Å². The lowest BCUT2D eigenvalue weighted by Crippen LogP contribution is -2.18. The molecule has 1 unspecified atom stereocenters. The van der Waals surface area contributed by atoms with Gasteiger partial charge >= 0.3 is 0 Å². The van der Waals surface area contributed by atoms with E-state index in [1.54, 1.807) is 0 Å². The van der Waals surface area contributed by atoms with E-state index in [1.807, 2.05) is 13.8 Å². The van der Waals surface area contributed by atoms with E-state index in [0.29, 0.717) is 19.1 Å². The summed E-state index contributed by atoms with van der Waals surface area (Å²) < 4.78 is 6.81. The minimum absolute atomic E-state index is 0.0841. The average Bonchev–Trinajstić information content (AvgIpc) is 2.37. The first kappa shape index (κ1) is 8.92. The Morgan fingerprint density at radius 1 is 1.67 bits per heavy atom. The molecule has 0 saturated carbocycles. The highest BCUT2D eigenvalue weighted by atomic mass is 16.5. The number of hydrogen-bond donors (Lipinski definition) is 1. The van der Waals surface area contributed by atoms with Crippen molar-refractivity contribution in [1.82, 2.24) is 20.2 Å². The lowest BCUT2D eigenvalue weighted by atomic mass is 10.4. The van der Waals surface area contributed by atoms with Gasteiger partial charge in [0.1, 0.15) is 0 Å². The van der Waals surface area contributed by atoms with E-state index in [2.05, 4.69) is 15.5 Å². The number of tetrazole rings is 1. The van der Waals surface area contributed by atoms with E-state index in [4.69, 9.17) is 10.5 Å². The molecule has 0 amide bonds. The molecule has 0 aliphatic heterocycles. The van der Waals surface area contributed by atoms with Crippen molar-refractivity contribution in [3.05, 3.63) is 0 Å². The van der Waals surface area contributed by atoms with Crippen LogP contribution in [0.1, 0.15) is 13.8 Å². The van der Waals surface area contributed by atoms with E-state index in [1.165, 1.54) is 4.68 Å². The minimum atomic E-state index is 0.0841. The molecular weight excluding hydrogens is 158 g/mol.